The van der Waals surface area contributed by atoms with Gasteiger partial charge in [-0.25, -0.2) is 0 Å². The highest BCUT2D eigenvalue weighted by Gasteiger charge is 2.36. The van der Waals surface area contributed by atoms with E-state index >= 15 is 0 Å². The Morgan fingerprint density at radius 1 is 1.11 bits per heavy atom. The number of nitro groups is 1. The second kappa shape index (κ2) is 11.4. The zero-order chi connectivity index (χ0) is 24.8. The summed E-state index contributed by atoms with van der Waals surface area (Å²) in [5.41, 5.74) is 2.62. The standard InChI is InChI=1S/C27H33N3O5/c31-26-25(28-24(27(32)33)15-12-18-6-2-1-3-7-18)21(17-20-8-4-5-9-23(20)29-26)16-19-10-13-22(14-11-19)30(34)35/h4-5,8-11,13-14,18,21,24-25,28H,1-3,6-7,12,15-17H2,(H,29,31)(H,32,33)/t21?,24-,25?/m0/s1. The molecule has 186 valence electrons. The molecule has 2 aromatic rings. The third-order valence-corrected chi connectivity index (χ3v) is 7.42. The average Bonchev–Trinajstić information content (AvgIpc) is 2.98. The van der Waals surface area contributed by atoms with Crippen molar-refractivity contribution >= 4 is 23.3 Å². The second-order valence-electron chi connectivity index (χ2n) is 9.85. The third-order valence-electron chi connectivity index (χ3n) is 7.42. The molecule has 2 aromatic carbocycles. The van der Waals surface area contributed by atoms with Gasteiger partial charge < -0.3 is 10.4 Å². The van der Waals surface area contributed by atoms with Gasteiger partial charge in [0.05, 0.1) is 11.0 Å². The van der Waals surface area contributed by atoms with Crippen LogP contribution >= 0.6 is 0 Å². The maximum absolute atomic E-state index is 13.3. The Kier molecular flexibility index (Phi) is 8.13. The molecule has 2 unspecified atom stereocenters. The number of non-ortho nitro benzene ring substituents is 1. The number of rotatable bonds is 9. The number of para-hydroxylation sites is 1. The number of anilines is 1. The topological polar surface area (TPSA) is 122 Å². The van der Waals surface area contributed by atoms with Gasteiger partial charge in [0.15, 0.2) is 0 Å². The van der Waals surface area contributed by atoms with Gasteiger partial charge in [-0.1, -0.05) is 62.4 Å². The number of benzene rings is 2. The number of nitro benzene ring substituents is 1. The predicted octanol–water partition coefficient (Wildman–Crippen LogP) is 4.72. The summed E-state index contributed by atoms with van der Waals surface area (Å²) in [4.78, 5) is 36.1. The van der Waals surface area contributed by atoms with Gasteiger partial charge in [-0.15, -0.1) is 0 Å². The van der Waals surface area contributed by atoms with Crippen molar-refractivity contribution in [2.24, 2.45) is 11.8 Å². The first-order chi connectivity index (χ1) is 16.9. The van der Waals surface area contributed by atoms with Crippen molar-refractivity contribution in [3.8, 4) is 0 Å². The highest BCUT2D eigenvalue weighted by atomic mass is 16.6. The first kappa shape index (κ1) is 24.9. The summed E-state index contributed by atoms with van der Waals surface area (Å²) in [7, 11) is 0. The largest absolute Gasteiger partial charge is 0.480 e. The molecule has 8 heteroatoms. The van der Waals surface area contributed by atoms with E-state index in [0.29, 0.717) is 25.2 Å². The minimum absolute atomic E-state index is 0.0148. The van der Waals surface area contributed by atoms with Gasteiger partial charge in [0.25, 0.3) is 5.69 Å². The zero-order valence-electron chi connectivity index (χ0n) is 19.8. The van der Waals surface area contributed by atoms with Gasteiger partial charge in [0.2, 0.25) is 5.91 Å². The van der Waals surface area contributed by atoms with E-state index in [0.717, 1.165) is 36.1 Å². The maximum atomic E-state index is 13.3. The number of nitrogens with zero attached hydrogens (tertiary/aromatic N) is 1. The number of hydrogen-bond acceptors (Lipinski definition) is 5. The normalized spacial score (nSPS) is 21.4. The first-order valence-corrected chi connectivity index (χ1v) is 12.5. The summed E-state index contributed by atoms with van der Waals surface area (Å²) >= 11 is 0. The summed E-state index contributed by atoms with van der Waals surface area (Å²) < 4.78 is 0. The molecule has 0 saturated heterocycles. The Hall–Kier alpha value is -3.26. The van der Waals surface area contributed by atoms with E-state index in [1.165, 1.54) is 31.4 Å². The minimum Gasteiger partial charge on any atom is -0.480 e. The van der Waals surface area contributed by atoms with Crippen molar-refractivity contribution < 1.29 is 19.6 Å². The van der Waals surface area contributed by atoms with Crippen LogP contribution in [0.15, 0.2) is 48.5 Å². The van der Waals surface area contributed by atoms with E-state index < -0.39 is 23.0 Å². The Morgan fingerprint density at radius 2 is 1.83 bits per heavy atom. The van der Waals surface area contributed by atoms with Gasteiger partial charge in [-0.3, -0.25) is 25.0 Å². The van der Waals surface area contributed by atoms with Gasteiger partial charge >= 0.3 is 5.97 Å². The molecule has 0 bridgehead atoms. The maximum Gasteiger partial charge on any atom is 0.320 e. The number of carboxylic acids is 1. The molecule has 1 aliphatic heterocycles. The second-order valence-corrected chi connectivity index (χ2v) is 9.85. The van der Waals surface area contributed by atoms with Crippen LogP contribution in [-0.2, 0) is 22.4 Å². The number of hydrogen-bond donors (Lipinski definition) is 3. The van der Waals surface area contributed by atoms with E-state index in [1.54, 1.807) is 12.1 Å². The smallest absolute Gasteiger partial charge is 0.320 e. The van der Waals surface area contributed by atoms with E-state index in [4.69, 9.17) is 0 Å². The fourth-order valence-electron chi connectivity index (χ4n) is 5.48. The minimum atomic E-state index is -0.940. The number of amides is 1. The molecule has 0 spiro atoms. The van der Waals surface area contributed by atoms with Crippen LogP contribution in [0.5, 0.6) is 0 Å². The number of fused-ring (bicyclic) bond motifs is 1. The lowest BCUT2D eigenvalue weighted by Gasteiger charge is -2.29. The fraction of sp³-hybridized carbons (Fsp3) is 0.481. The van der Waals surface area contributed by atoms with Crippen LogP contribution in [0.2, 0.25) is 0 Å². The molecule has 2 aliphatic rings. The lowest BCUT2D eigenvalue weighted by molar-refractivity contribution is -0.384. The van der Waals surface area contributed by atoms with Gasteiger partial charge in [0, 0.05) is 17.8 Å². The molecule has 1 amide bonds. The van der Waals surface area contributed by atoms with Crippen LogP contribution in [0.3, 0.4) is 0 Å². The number of nitrogens with one attached hydrogen (secondary N) is 2. The Bertz CT molecular complexity index is 1050. The quantitative estimate of drug-likeness (QED) is 0.353. The molecule has 1 aliphatic carbocycles. The molecule has 3 atom stereocenters. The Morgan fingerprint density at radius 3 is 2.51 bits per heavy atom. The van der Waals surface area contributed by atoms with Crippen molar-refractivity contribution in [3.63, 3.8) is 0 Å². The first-order valence-electron chi connectivity index (χ1n) is 12.5. The number of carboxylic acid groups (broad SMARTS) is 1. The third kappa shape index (κ3) is 6.45. The van der Waals surface area contributed by atoms with Gasteiger partial charge in [-0.05, 0) is 54.7 Å². The van der Waals surface area contributed by atoms with Crippen LogP contribution in [0.25, 0.3) is 0 Å². The van der Waals surface area contributed by atoms with Crippen molar-refractivity contribution in [3.05, 3.63) is 69.8 Å². The molecule has 0 radical (unpaired) electrons. The summed E-state index contributed by atoms with van der Waals surface area (Å²) in [6, 6.07) is 12.4. The number of aliphatic carboxylic acids is 1. The lowest BCUT2D eigenvalue weighted by Crippen LogP contribution is -2.52. The molecule has 0 aromatic heterocycles. The van der Waals surface area contributed by atoms with E-state index in [2.05, 4.69) is 10.6 Å². The van der Waals surface area contributed by atoms with Crippen LogP contribution in [-0.4, -0.2) is 34.0 Å². The molecule has 1 saturated carbocycles. The van der Waals surface area contributed by atoms with Crippen molar-refractivity contribution in [1.29, 1.82) is 0 Å². The molecular formula is C27H33N3O5. The van der Waals surface area contributed by atoms with E-state index in [1.807, 2.05) is 24.3 Å². The SMILES string of the molecule is O=C1Nc2ccccc2CC(Cc2ccc([N+](=O)[O-])cc2)C1N[C@@H](CCC1CCCCC1)C(=O)O. The summed E-state index contributed by atoms with van der Waals surface area (Å²) in [5, 5.41) is 27.2. The molecular weight excluding hydrogens is 446 g/mol. The van der Waals surface area contributed by atoms with Crippen LogP contribution < -0.4 is 10.6 Å². The van der Waals surface area contributed by atoms with E-state index in [-0.39, 0.29) is 17.5 Å². The van der Waals surface area contributed by atoms with Crippen molar-refractivity contribution in [2.75, 3.05) is 5.32 Å². The summed E-state index contributed by atoms with van der Waals surface area (Å²) in [5.74, 6) is -0.845. The van der Waals surface area contributed by atoms with Crippen LogP contribution in [0.1, 0.15) is 56.1 Å². The highest BCUT2D eigenvalue weighted by molar-refractivity contribution is 5.97. The van der Waals surface area contributed by atoms with Crippen molar-refractivity contribution in [2.45, 2.75) is 69.9 Å². The highest BCUT2D eigenvalue weighted by Crippen LogP contribution is 2.30. The molecule has 4 rings (SSSR count). The van der Waals surface area contributed by atoms with Crippen molar-refractivity contribution in [1.82, 2.24) is 5.32 Å². The van der Waals surface area contributed by atoms with E-state index in [9.17, 15) is 24.8 Å². The molecule has 35 heavy (non-hydrogen) atoms. The molecule has 3 N–H and O–H groups in total. The molecule has 1 fully saturated rings. The fourth-order valence-corrected chi connectivity index (χ4v) is 5.48. The average molecular weight is 480 g/mol. The zero-order valence-corrected chi connectivity index (χ0v) is 19.8. The van der Waals surface area contributed by atoms with Crippen LogP contribution in [0, 0.1) is 22.0 Å². The van der Waals surface area contributed by atoms with Crippen LogP contribution in [0.4, 0.5) is 11.4 Å². The predicted molar refractivity (Wildman–Crippen MR) is 133 cm³/mol. The number of carbonyl (C=O) groups is 2. The lowest BCUT2D eigenvalue weighted by atomic mass is 9.84. The monoisotopic (exact) mass is 479 g/mol. The Balaban J connectivity index is 1.54. The summed E-state index contributed by atoms with van der Waals surface area (Å²) in [6.07, 6.45) is 8.36. The number of carbonyl (C=O) groups excluding carboxylic acids is 1. The summed E-state index contributed by atoms with van der Waals surface area (Å²) in [6.45, 7) is 0. The van der Waals surface area contributed by atoms with Gasteiger partial charge in [-0.2, -0.15) is 0 Å². The Labute approximate surface area is 205 Å². The molecule has 8 nitrogen and oxygen atoms in total. The van der Waals surface area contributed by atoms with Gasteiger partial charge in [0.1, 0.15) is 6.04 Å². The molecule has 1 heterocycles.